The molecule has 0 aliphatic carbocycles. The number of ether oxygens (including phenoxy) is 1. The lowest BCUT2D eigenvalue weighted by atomic mass is 10.2. The van der Waals surface area contributed by atoms with E-state index in [1.807, 2.05) is 13.0 Å². The van der Waals surface area contributed by atoms with Crippen molar-refractivity contribution in [2.75, 3.05) is 17.2 Å². The molecule has 1 amide bonds. The van der Waals surface area contributed by atoms with Gasteiger partial charge in [-0.2, -0.15) is 0 Å². The Bertz CT molecular complexity index is 643. The molecule has 1 heterocycles. The van der Waals surface area contributed by atoms with Crippen LogP contribution in [0.15, 0.2) is 30.3 Å². The Kier molecular flexibility index (Phi) is 6.10. The van der Waals surface area contributed by atoms with E-state index in [1.165, 1.54) is 9.75 Å². The molecular formula is C16H19ClN2O2S. The topological polar surface area (TPSA) is 50.4 Å². The van der Waals surface area contributed by atoms with Gasteiger partial charge in [0, 0.05) is 22.0 Å². The van der Waals surface area contributed by atoms with Gasteiger partial charge in [-0.05, 0) is 43.7 Å². The Morgan fingerprint density at radius 2 is 2.14 bits per heavy atom. The Morgan fingerprint density at radius 3 is 2.77 bits per heavy atom. The molecule has 1 aromatic heterocycles. The van der Waals surface area contributed by atoms with Gasteiger partial charge in [-0.1, -0.05) is 18.5 Å². The van der Waals surface area contributed by atoms with Gasteiger partial charge in [-0.25, -0.2) is 4.79 Å². The van der Waals surface area contributed by atoms with Crippen LogP contribution in [0.2, 0.25) is 5.02 Å². The lowest BCUT2D eigenvalue weighted by molar-refractivity contribution is 0.161. The first-order valence-corrected chi connectivity index (χ1v) is 8.30. The molecule has 0 saturated carbocycles. The van der Waals surface area contributed by atoms with Crippen molar-refractivity contribution >= 4 is 40.4 Å². The van der Waals surface area contributed by atoms with Crippen molar-refractivity contribution in [2.45, 2.75) is 26.8 Å². The lowest BCUT2D eigenvalue weighted by Crippen LogP contribution is -2.14. The van der Waals surface area contributed by atoms with Crippen LogP contribution in [-0.4, -0.2) is 12.7 Å². The quantitative estimate of drug-likeness (QED) is 0.753. The third-order valence-corrected chi connectivity index (χ3v) is 4.22. The fourth-order valence-corrected chi connectivity index (χ4v) is 2.89. The van der Waals surface area contributed by atoms with Crippen molar-refractivity contribution in [3.8, 4) is 0 Å². The molecule has 0 spiro atoms. The van der Waals surface area contributed by atoms with E-state index < -0.39 is 6.09 Å². The fraction of sp³-hybridized carbons (Fsp3) is 0.312. The van der Waals surface area contributed by atoms with E-state index in [0.717, 1.165) is 18.7 Å². The molecule has 0 atom stereocenters. The first-order chi connectivity index (χ1) is 10.6. The zero-order valence-corrected chi connectivity index (χ0v) is 14.2. The largest absolute Gasteiger partial charge is 0.449 e. The third kappa shape index (κ3) is 4.93. The molecule has 0 aliphatic rings. The molecule has 0 unspecified atom stereocenters. The fourth-order valence-electron chi connectivity index (χ4n) is 1.84. The van der Waals surface area contributed by atoms with Crippen LogP contribution >= 0.6 is 22.9 Å². The van der Waals surface area contributed by atoms with Crippen LogP contribution in [0.25, 0.3) is 0 Å². The minimum absolute atomic E-state index is 0.392. The smallest absolute Gasteiger partial charge is 0.411 e. The number of anilines is 2. The summed E-state index contributed by atoms with van der Waals surface area (Å²) in [5, 5.41) is 6.42. The molecule has 22 heavy (non-hydrogen) atoms. The number of nitrogens with one attached hydrogen (secondary N) is 2. The van der Waals surface area contributed by atoms with Gasteiger partial charge < -0.3 is 10.1 Å². The highest BCUT2D eigenvalue weighted by Crippen LogP contribution is 2.26. The normalized spacial score (nSPS) is 10.3. The summed E-state index contributed by atoms with van der Waals surface area (Å²) in [6, 6.07) is 9.63. The standard InChI is InChI=1S/C16H19ClN2O2S/c1-3-8-21-16(20)19-15-7-5-12(9-14(15)17)18-10-13-6-4-11(2)22-13/h4-7,9,18H,3,8,10H2,1-2H3,(H,19,20). The van der Waals surface area contributed by atoms with Crippen LogP contribution in [0.4, 0.5) is 16.2 Å². The van der Waals surface area contributed by atoms with Gasteiger partial charge in [-0.3, -0.25) is 5.32 Å². The van der Waals surface area contributed by atoms with E-state index in [2.05, 4.69) is 29.7 Å². The molecule has 2 N–H and O–H groups in total. The highest BCUT2D eigenvalue weighted by atomic mass is 35.5. The summed E-state index contributed by atoms with van der Waals surface area (Å²) in [7, 11) is 0. The SMILES string of the molecule is CCCOC(=O)Nc1ccc(NCc2ccc(C)s2)cc1Cl. The Morgan fingerprint density at radius 1 is 1.32 bits per heavy atom. The zero-order valence-electron chi connectivity index (χ0n) is 12.6. The number of halogens is 1. The van der Waals surface area contributed by atoms with E-state index in [-0.39, 0.29) is 0 Å². The molecule has 2 rings (SSSR count). The summed E-state index contributed by atoms with van der Waals surface area (Å²) >= 11 is 7.95. The molecular weight excluding hydrogens is 320 g/mol. The summed E-state index contributed by atoms with van der Waals surface area (Å²) in [5.74, 6) is 0. The second-order valence-corrected chi connectivity index (χ2v) is 6.60. The van der Waals surface area contributed by atoms with Crippen molar-refractivity contribution in [3.63, 3.8) is 0 Å². The van der Waals surface area contributed by atoms with Gasteiger partial charge in [0.05, 0.1) is 17.3 Å². The van der Waals surface area contributed by atoms with Crippen LogP contribution < -0.4 is 10.6 Å². The van der Waals surface area contributed by atoms with Crippen LogP contribution in [0.3, 0.4) is 0 Å². The highest BCUT2D eigenvalue weighted by Gasteiger charge is 2.07. The minimum Gasteiger partial charge on any atom is -0.449 e. The number of thiophene rings is 1. The van der Waals surface area contributed by atoms with Crippen molar-refractivity contribution in [1.29, 1.82) is 0 Å². The van der Waals surface area contributed by atoms with Crippen molar-refractivity contribution < 1.29 is 9.53 Å². The summed E-state index contributed by atoms with van der Waals surface area (Å²) in [6.45, 7) is 5.17. The molecule has 0 fully saturated rings. The molecule has 0 saturated heterocycles. The van der Waals surface area contributed by atoms with E-state index in [1.54, 1.807) is 23.5 Å². The van der Waals surface area contributed by atoms with Gasteiger partial charge in [0.2, 0.25) is 0 Å². The number of amides is 1. The third-order valence-electron chi connectivity index (χ3n) is 2.91. The maximum atomic E-state index is 11.5. The van der Waals surface area contributed by atoms with Crippen molar-refractivity contribution in [3.05, 3.63) is 45.1 Å². The first kappa shape index (κ1) is 16.6. The second-order valence-electron chi connectivity index (χ2n) is 4.82. The number of hydrogen-bond acceptors (Lipinski definition) is 4. The van der Waals surface area contributed by atoms with E-state index >= 15 is 0 Å². The van der Waals surface area contributed by atoms with E-state index in [4.69, 9.17) is 16.3 Å². The molecule has 2 aromatic rings. The first-order valence-electron chi connectivity index (χ1n) is 7.11. The van der Waals surface area contributed by atoms with Crippen LogP contribution in [-0.2, 0) is 11.3 Å². The number of aryl methyl sites for hydroxylation is 1. The predicted octanol–water partition coefficient (Wildman–Crippen LogP) is 5.28. The van der Waals surface area contributed by atoms with Gasteiger partial charge in [0.25, 0.3) is 0 Å². The minimum atomic E-state index is -0.487. The summed E-state index contributed by atoms with van der Waals surface area (Å²) in [5.41, 5.74) is 1.45. The maximum absolute atomic E-state index is 11.5. The molecule has 118 valence electrons. The van der Waals surface area contributed by atoms with Gasteiger partial charge >= 0.3 is 6.09 Å². The molecule has 1 aromatic carbocycles. The molecule has 0 aliphatic heterocycles. The number of benzene rings is 1. The van der Waals surface area contributed by atoms with Gasteiger partial charge in [-0.15, -0.1) is 11.3 Å². The summed E-state index contributed by atoms with van der Waals surface area (Å²) in [6.07, 6.45) is 0.296. The number of carbonyl (C=O) groups is 1. The van der Waals surface area contributed by atoms with Crippen LogP contribution in [0.1, 0.15) is 23.1 Å². The van der Waals surface area contributed by atoms with E-state index in [0.29, 0.717) is 17.3 Å². The number of hydrogen-bond donors (Lipinski definition) is 2. The zero-order chi connectivity index (χ0) is 15.9. The van der Waals surface area contributed by atoms with Gasteiger partial charge in [0.1, 0.15) is 0 Å². The monoisotopic (exact) mass is 338 g/mol. The highest BCUT2D eigenvalue weighted by molar-refractivity contribution is 7.11. The average molecular weight is 339 g/mol. The lowest BCUT2D eigenvalue weighted by Gasteiger charge is -2.10. The Hall–Kier alpha value is -1.72. The van der Waals surface area contributed by atoms with E-state index in [9.17, 15) is 4.79 Å². The Balaban J connectivity index is 1.92. The molecule has 4 nitrogen and oxygen atoms in total. The molecule has 0 radical (unpaired) electrons. The van der Waals surface area contributed by atoms with Crippen molar-refractivity contribution in [1.82, 2.24) is 0 Å². The number of rotatable bonds is 6. The Labute approximate surface area is 139 Å². The summed E-state index contributed by atoms with van der Waals surface area (Å²) < 4.78 is 4.97. The average Bonchev–Trinajstić information content (AvgIpc) is 2.91. The summed E-state index contributed by atoms with van der Waals surface area (Å²) in [4.78, 5) is 14.1. The maximum Gasteiger partial charge on any atom is 0.411 e. The van der Waals surface area contributed by atoms with Crippen LogP contribution in [0, 0.1) is 6.92 Å². The van der Waals surface area contributed by atoms with Crippen LogP contribution in [0.5, 0.6) is 0 Å². The molecule has 0 bridgehead atoms. The van der Waals surface area contributed by atoms with Crippen molar-refractivity contribution in [2.24, 2.45) is 0 Å². The second kappa shape index (κ2) is 8.06. The van der Waals surface area contributed by atoms with Gasteiger partial charge in [0.15, 0.2) is 0 Å². The molecule has 6 heteroatoms. The number of carbonyl (C=O) groups excluding carboxylic acids is 1. The predicted molar refractivity (Wildman–Crippen MR) is 93.1 cm³/mol.